The molecule has 1 aliphatic heterocycles. The third-order valence-corrected chi connectivity index (χ3v) is 7.03. The van der Waals surface area contributed by atoms with E-state index >= 15 is 0 Å². The molecule has 0 bridgehead atoms. The molecule has 0 spiro atoms. The minimum atomic E-state index is -3.73. The fraction of sp³-hybridized carbons (Fsp3) is 0.294. The average molecular weight is 403 g/mol. The summed E-state index contributed by atoms with van der Waals surface area (Å²) in [4.78, 5) is 1.89. The van der Waals surface area contributed by atoms with Gasteiger partial charge in [-0.15, -0.1) is 0 Å². The van der Waals surface area contributed by atoms with Crippen LogP contribution in [0.2, 0.25) is 10.0 Å². The van der Waals surface area contributed by atoms with Crippen LogP contribution in [0.5, 0.6) is 0 Å². The van der Waals surface area contributed by atoms with Gasteiger partial charge in [-0.25, -0.2) is 12.8 Å². The van der Waals surface area contributed by atoms with E-state index in [1.807, 2.05) is 4.90 Å². The second kappa shape index (κ2) is 7.11. The number of nitrogens with zero attached hydrogens (tertiary/aromatic N) is 2. The van der Waals surface area contributed by atoms with E-state index in [9.17, 15) is 12.8 Å². The number of benzene rings is 2. The minimum Gasteiger partial charge on any atom is -0.367 e. The summed E-state index contributed by atoms with van der Waals surface area (Å²) < 4.78 is 41.1. The van der Waals surface area contributed by atoms with Gasteiger partial charge in [-0.3, -0.25) is 0 Å². The van der Waals surface area contributed by atoms with Crippen LogP contribution in [0.25, 0.3) is 0 Å². The highest BCUT2D eigenvalue weighted by atomic mass is 35.5. The molecule has 0 amide bonds. The van der Waals surface area contributed by atoms with Crippen molar-refractivity contribution in [1.29, 1.82) is 0 Å². The van der Waals surface area contributed by atoms with Gasteiger partial charge in [-0.2, -0.15) is 4.31 Å². The SMILES string of the molecule is Cc1cc(S(=O)(=O)N2CCN(c3ccccc3F)CC2)c(Cl)cc1Cl. The number of anilines is 1. The Morgan fingerprint density at radius 3 is 2.28 bits per heavy atom. The summed E-state index contributed by atoms with van der Waals surface area (Å²) in [5.41, 5.74) is 1.13. The van der Waals surface area contributed by atoms with Gasteiger partial charge in [0.05, 0.1) is 10.7 Å². The Bertz CT molecular complexity index is 898. The summed E-state index contributed by atoms with van der Waals surface area (Å²) in [5.74, 6) is -0.310. The highest BCUT2D eigenvalue weighted by Crippen LogP contribution is 2.31. The van der Waals surface area contributed by atoms with Gasteiger partial charge >= 0.3 is 0 Å². The maximum absolute atomic E-state index is 13.9. The fourth-order valence-electron chi connectivity index (χ4n) is 2.85. The highest BCUT2D eigenvalue weighted by molar-refractivity contribution is 7.89. The van der Waals surface area contributed by atoms with E-state index in [0.717, 1.165) is 0 Å². The predicted octanol–water partition coefficient (Wildman–Crippen LogP) is 3.95. The maximum atomic E-state index is 13.9. The number of hydrogen-bond donors (Lipinski definition) is 0. The first-order valence-electron chi connectivity index (χ1n) is 7.76. The second-order valence-electron chi connectivity index (χ2n) is 5.87. The van der Waals surface area contributed by atoms with Crippen LogP contribution >= 0.6 is 23.2 Å². The molecule has 134 valence electrons. The van der Waals surface area contributed by atoms with Crippen LogP contribution in [0.15, 0.2) is 41.3 Å². The summed E-state index contributed by atoms with van der Waals surface area (Å²) in [7, 11) is -3.73. The zero-order chi connectivity index (χ0) is 18.2. The van der Waals surface area contributed by atoms with Crippen LogP contribution in [0.4, 0.5) is 10.1 Å². The van der Waals surface area contributed by atoms with Crippen LogP contribution in [0.3, 0.4) is 0 Å². The van der Waals surface area contributed by atoms with Gasteiger partial charge in [-0.05, 0) is 36.8 Å². The van der Waals surface area contributed by atoms with E-state index in [-0.39, 0.29) is 28.8 Å². The number of halogens is 3. The van der Waals surface area contributed by atoms with Crippen molar-refractivity contribution in [2.75, 3.05) is 31.1 Å². The molecule has 3 rings (SSSR count). The molecule has 25 heavy (non-hydrogen) atoms. The van der Waals surface area contributed by atoms with Gasteiger partial charge in [0, 0.05) is 31.2 Å². The Balaban J connectivity index is 1.81. The van der Waals surface area contributed by atoms with Crippen molar-refractivity contribution < 1.29 is 12.8 Å². The molecule has 2 aromatic rings. The number of aryl methyl sites for hydroxylation is 1. The van der Waals surface area contributed by atoms with Crippen molar-refractivity contribution in [2.45, 2.75) is 11.8 Å². The molecule has 1 saturated heterocycles. The molecule has 0 aromatic heterocycles. The monoisotopic (exact) mass is 402 g/mol. The molecule has 0 saturated carbocycles. The lowest BCUT2D eigenvalue weighted by atomic mass is 10.2. The van der Waals surface area contributed by atoms with Crippen LogP contribution in [-0.4, -0.2) is 38.9 Å². The number of rotatable bonds is 3. The molecule has 1 heterocycles. The fourth-order valence-corrected chi connectivity index (χ4v) is 5.07. The average Bonchev–Trinajstić information content (AvgIpc) is 2.58. The normalized spacial score (nSPS) is 16.2. The summed E-state index contributed by atoms with van der Waals surface area (Å²) in [6.45, 7) is 3.06. The van der Waals surface area contributed by atoms with Crippen LogP contribution in [-0.2, 0) is 10.0 Å². The Morgan fingerprint density at radius 2 is 1.64 bits per heavy atom. The third-order valence-electron chi connectivity index (χ3n) is 4.26. The van der Waals surface area contributed by atoms with E-state index in [0.29, 0.717) is 29.4 Å². The van der Waals surface area contributed by atoms with Crippen molar-refractivity contribution >= 4 is 38.9 Å². The van der Waals surface area contributed by atoms with Crippen LogP contribution in [0, 0.1) is 12.7 Å². The zero-order valence-electron chi connectivity index (χ0n) is 13.5. The molecule has 2 aromatic carbocycles. The minimum absolute atomic E-state index is 0.0513. The van der Waals surface area contributed by atoms with Gasteiger partial charge in [0.1, 0.15) is 10.7 Å². The number of para-hydroxylation sites is 1. The smallest absolute Gasteiger partial charge is 0.244 e. The van der Waals surface area contributed by atoms with Crippen molar-refractivity contribution in [1.82, 2.24) is 4.31 Å². The van der Waals surface area contributed by atoms with E-state index in [2.05, 4.69) is 0 Å². The zero-order valence-corrected chi connectivity index (χ0v) is 15.9. The number of sulfonamides is 1. The highest BCUT2D eigenvalue weighted by Gasteiger charge is 2.31. The standard InChI is InChI=1S/C17H17Cl2FN2O2S/c1-12-10-17(14(19)11-13(12)18)25(23,24)22-8-6-21(7-9-22)16-5-3-2-4-15(16)20/h2-5,10-11H,6-9H2,1H3. The first-order chi connectivity index (χ1) is 11.8. The summed E-state index contributed by atoms with van der Waals surface area (Å²) in [6.07, 6.45) is 0. The molecule has 4 nitrogen and oxygen atoms in total. The second-order valence-corrected chi connectivity index (χ2v) is 8.60. The molecule has 0 aliphatic carbocycles. The van der Waals surface area contributed by atoms with Crippen LogP contribution < -0.4 is 4.90 Å². The summed E-state index contributed by atoms with van der Waals surface area (Å²) in [6, 6.07) is 9.42. The molecule has 1 fully saturated rings. The van der Waals surface area contributed by atoms with E-state index < -0.39 is 10.0 Å². The molecule has 0 radical (unpaired) electrons. The molecular formula is C17H17Cl2FN2O2S. The molecule has 1 aliphatic rings. The van der Waals surface area contributed by atoms with E-state index in [1.165, 1.54) is 22.5 Å². The number of hydrogen-bond acceptors (Lipinski definition) is 3. The van der Waals surface area contributed by atoms with Crippen molar-refractivity contribution in [3.05, 3.63) is 57.8 Å². The number of piperazine rings is 1. The largest absolute Gasteiger partial charge is 0.367 e. The Kier molecular flexibility index (Phi) is 5.25. The van der Waals surface area contributed by atoms with Crippen LogP contribution in [0.1, 0.15) is 5.56 Å². The molecule has 0 unspecified atom stereocenters. The Morgan fingerprint density at radius 1 is 1.00 bits per heavy atom. The van der Waals surface area contributed by atoms with E-state index in [1.54, 1.807) is 25.1 Å². The summed E-state index contributed by atoms with van der Waals surface area (Å²) >= 11 is 12.1. The predicted molar refractivity (Wildman–Crippen MR) is 98.6 cm³/mol. The Labute approximate surface area is 156 Å². The molecule has 0 atom stereocenters. The first-order valence-corrected chi connectivity index (χ1v) is 9.95. The van der Waals surface area contributed by atoms with Crippen molar-refractivity contribution in [3.8, 4) is 0 Å². The topological polar surface area (TPSA) is 40.6 Å². The Hall–Kier alpha value is -1.34. The quantitative estimate of drug-likeness (QED) is 0.779. The van der Waals surface area contributed by atoms with Gasteiger partial charge in [0.25, 0.3) is 0 Å². The molecule has 8 heteroatoms. The molecule has 0 N–H and O–H groups in total. The van der Waals surface area contributed by atoms with Gasteiger partial charge in [0.2, 0.25) is 10.0 Å². The summed E-state index contributed by atoms with van der Waals surface area (Å²) in [5, 5.41) is 0.528. The lowest BCUT2D eigenvalue weighted by Gasteiger charge is -2.35. The third kappa shape index (κ3) is 3.62. The van der Waals surface area contributed by atoms with Gasteiger partial charge in [0.15, 0.2) is 0 Å². The lowest BCUT2D eigenvalue weighted by Crippen LogP contribution is -2.49. The lowest BCUT2D eigenvalue weighted by molar-refractivity contribution is 0.383. The van der Waals surface area contributed by atoms with Crippen molar-refractivity contribution in [3.63, 3.8) is 0 Å². The van der Waals surface area contributed by atoms with E-state index in [4.69, 9.17) is 23.2 Å². The van der Waals surface area contributed by atoms with Gasteiger partial charge in [-0.1, -0.05) is 35.3 Å². The molecular weight excluding hydrogens is 386 g/mol. The maximum Gasteiger partial charge on any atom is 0.244 e. The van der Waals surface area contributed by atoms with Crippen molar-refractivity contribution in [2.24, 2.45) is 0 Å². The first kappa shape index (κ1) is 18.5. The van der Waals surface area contributed by atoms with Gasteiger partial charge < -0.3 is 4.90 Å².